The van der Waals surface area contributed by atoms with Crippen LogP contribution in [0.3, 0.4) is 0 Å². The minimum absolute atomic E-state index is 0.343. The number of rotatable bonds is 4. The minimum atomic E-state index is -0.897. The predicted octanol–water partition coefficient (Wildman–Crippen LogP) is 1.33. The zero-order valence-corrected chi connectivity index (χ0v) is 11.7. The lowest BCUT2D eigenvalue weighted by atomic mass is 9.96. The molecule has 0 aliphatic carbocycles. The maximum Gasteiger partial charge on any atom is 0.325 e. The number of nitrogens with two attached hydrogens (primary N) is 1. The van der Waals surface area contributed by atoms with E-state index in [1.165, 1.54) is 18.2 Å². The second-order valence-electron chi connectivity index (χ2n) is 5.45. The first-order chi connectivity index (χ1) is 9.03. The lowest BCUT2D eigenvalue weighted by Crippen LogP contribution is -2.48. The monoisotopic (exact) mass is 262 g/mol. The number of carbonyl (C=O) groups is 1. The van der Waals surface area contributed by atoms with E-state index < -0.39 is 5.54 Å². The van der Waals surface area contributed by atoms with Crippen molar-refractivity contribution in [3.63, 3.8) is 0 Å². The van der Waals surface area contributed by atoms with Crippen molar-refractivity contribution in [1.29, 1.82) is 0 Å². The molecule has 2 N–H and O–H groups in total. The van der Waals surface area contributed by atoms with Crippen molar-refractivity contribution in [2.24, 2.45) is 5.73 Å². The van der Waals surface area contributed by atoms with Gasteiger partial charge in [0.2, 0.25) is 0 Å². The third-order valence-electron chi connectivity index (χ3n) is 3.81. The lowest BCUT2D eigenvalue weighted by molar-refractivity contribution is -0.146. The van der Waals surface area contributed by atoms with Gasteiger partial charge in [-0.15, -0.1) is 0 Å². The van der Waals surface area contributed by atoms with Gasteiger partial charge in [0.25, 0.3) is 0 Å². The molecule has 0 bridgehead atoms. The van der Waals surface area contributed by atoms with E-state index in [0.717, 1.165) is 26.1 Å². The molecule has 1 aromatic rings. The summed E-state index contributed by atoms with van der Waals surface area (Å²) in [6.07, 6.45) is 1.68. The molecule has 0 spiro atoms. The van der Waals surface area contributed by atoms with Gasteiger partial charge in [0.15, 0.2) is 0 Å². The highest BCUT2D eigenvalue weighted by Gasteiger charge is 2.30. The zero-order valence-electron chi connectivity index (χ0n) is 11.7. The highest BCUT2D eigenvalue weighted by molar-refractivity contribution is 5.79. The van der Waals surface area contributed by atoms with Crippen LogP contribution in [0.25, 0.3) is 0 Å². The molecule has 104 valence electrons. The molecule has 1 aliphatic heterocycles. The summed E-state index contributed by atoms with van der Waals surface area (Å²) < 4.78 is 4.73. The maximum absolute atomic E-state index is 11.5. The fourth-order valence-corrected chi connectivity index (χ4v) is 2.47. The molecule has 0 amide bonds. The molecule has 4 heteroatoms. The first-order valence-electron chi connectivity index (χ1n) is 6.69. The third-order valence-corrected chi connectivity index (χ3v) is 3.81. The van der Waals surface area contributed by atoms with Gasteiger partial charge in [0.05, 0.1) is 7.11 Å². The van der Waals surface area contributed by atoms with Crippen molar-refractivity contribution >= 4 is 5.97 Å². The summed E-state index contributed by atoms with van der Waals surface area (Å²) in [6, 6.07) is 8.52. The fourth-order valence-electron chi connectivity index (χ4n) is 2.47. The SMILES string of the molecule is COC(=O)C(C)(N)CCN1CCc2ccccc2C1. The molecule has 0 fully saturated rings. The topological polar surface area (TPSA) is 55.6 Å². The Morgan fingerprint density at radius 1 is 1.42 bits per heavy atom. The molecule has 19 heavy (non-hydrogen) atoms. The molecule has 0 radical (unpaired) electrons. The second kappa shape index (κ2) is 5.72. The van der Waals surface area contributed by atoms with E-state index in [1.807, 2.05) is 0 Å². The number of hydrogen-bond acceptors (Lipinski definition) is 4. The van der Waals surface area contributed by atoms with Gasteiger partial charge in [-0.25, -0.2) is 0 Å². The lowest BCUT2D eigenvalue weighted by Gasteiger charge is -2.31. The van der Waals surface area contributed by atoms with Crippen LogP contribution in [0.5, 0.6) is 0 Å². The van der Waals surface area contributed by atoms with E-state index in [9.17, 15) is 4.79 Å². The highest BCUT2D eigenvalue weighted by atomic mass is 16.5. The molecule has 0 saturated carbocycles. The van der Waals surface area contributed by atoms with Crippen LogP contribution < -0.4 is 5.73 Å². The normalized spacial score (nSPS) is 18.5. The number of hydrogen-bond donors (Lipinski definition) is 1. The number of fused-ring (bicyclic) bond motifs is 1. The summed E-state index contributed by atoms with van der Waals surface area (Å²) in [5, 5.41) is 0. The van der Waals surface area contributed by atoms with Gasteiger partial charge in [-0.1, -0.05) is 24.3 Å². The quantitative estimate of drug-likeness (QED) is 0.832. The fraction of sp³-hybridized carbons (Fsp3) is 0.533. The molecule has 0 saturated heterocycles. The highest BCUT2D eigenvalue weighted by Crippen LogP contribution is 2.19. The number of nitrogens with zero attached hydrogens (tertiary/aromatic N) is 1. The van der Waals surface area contributed by atoms with Gasteiger partial charge < -0.3 is 10.5 Å². The Morgan fingerprint density at radius 3 is 2.79 bits per heavy atom. The van der Waals surface area contributed by atoms with Gasteiger partial charge in [-0.2, -0.15) is 0 Å². The summed E-state index contributed by atoms with van der Waals surface area (Å²) in [5.41, 5.74) is 7.90. The molecule has 1 unspecified atom stereocenters. The summed E-state index contributed by atoms with van der Waals surface area (Å²) >= 11 is 0. The van der Waals surface area contributed by atoms with E-state index >= 15 is 0 Å². The maximum atomic E-state index is 11.5. The Kier molecular flexibility index (Phi) is 4.22. The summed E-state index contributed by atoms with van der Waals surface area (Å²) in [4.78, 5) is 13.9. The van der Waals surface area contributed by atoms with Crippen molar-refractivity contribution in [1.82, 2.24) is 4.90 Å². The summed E-state index contributed by atoms with van der Waals surface area (Å²) in [7, 11) is 1.38. The van der Waals surface area contributed by atoms with Crippen molar-refractivity contribution in [2.45, 2.75) is 31.8 Å². The average Bonchev–Trinajstić information content (AvgIpc) is 2.44. The Bertz CT molecular complexity index is 457. The van der Waals surface area contributed by atoms with Crippen LogP contribution in [0, 0.1) is 0 Å². The van der Waals surface area contributed by atoms with E-state index in [0.29, 0.717) is 6.42 Å². The second-order valence-corrected chi connectivity index (χ2v) is 5.45. The number of esters is 1. The molecule has 0 aromatic heterocycles. The Morgan fingerprint density at radius 2 is 2.11 bits per heavy atom. The van der Waals surface area contributed by atoms with Crippen LogP contribution in [0.2, 0.25) is 0 Å². The predicted molar refractivity (Wildman–Crippen MR) is 74.6 cm³/mol. The van der Waals surface area contributed by atoms with Gasteiger partial charge in [0, 0.05) is 19.6 Å². The van der Waals surface area contributed by atoms with Crippen LogP contribution in [0.15, 0.2) is 24.3 Å². The number of ether oxygens (including phenoxy) is 1. The van der Waals surface area contributed by atoms with Gasteiger partial charge in [0.1, 0.15) is 5.54 Å². The van der Waals surface area contributed by atoms with Gasteiger partial charge in [-0.05, 0) is 30.9 Å². The molecule has 1 aliphatic rings. The molecule has 1 heterocycles. The zero-order chi connectivity index (χ0) is 13.9. The molecule has 4 nitrogen and oxygen atoms in total. The first kappa shape index (κ1) is 14.0. The minimum Gasteiger partial charge on any atom is -0.468 e. The molecule has 1 aromatic carbocycles. The van der Waals surface area contributed by atoms with Crippen LogP contribution >= 0.6 is 0 Å². The van der Waals surface area contributed by atoms with Crippen LogP contribution in [-0.4, -0.2) is 36.6 Å². The smallest absolute Gasteiger partial charge is 0.325 e. The number of methoxy groups -OCH3 is 1. The van der Waals surface area contributed by atoms with Crippen LogP contribution in [0.1, 0.15) is 24.5 Å². The molecule has 2 rings (SSSR count). The van der Waals surface area contributed by atoms with Crippen molar-refractivity contribution in [3.8, 4) is 0 Å². The van der Waals surface area contributed by atoms with E-state index in [2.05, 4.69) is 29.2 Å². The third kappa shape index (κ3) is 3.33. The first-order valence-corrected chi connectivity index (χ1v) is 6.69. The van der Waals surface area contributed by atoms with Gasteiger partial charge in [-0.3, -0.25) is 9.69 Å². The Hall–Kier alpha value is -1.39. The Labute approximate surface area is 114 Å². The van der Waals surface area contributed by atoms with E-state index in [4.69, 9.17) is 10.5 Å². The largest absolute Gasteiger partial charge is 0.468 e. The number of carbonyl (C=O) groups excluding carboxylic acids is 1. The molecular weight excluding hydrogens is 240 g/mol. The summed E-state index contributed by atoms with van der Waals surface area (Å²) in [6.45, 7) is 4.51. The molecular formula is C15H22N2O2. The summed E-state index contributed by atoms with van der Waals surface area (Å²) in [5.74, 6) is -0.343. The number of benzene rings is 1. The van der Waals surface area contributed by atoms with Gasteiger partial charge >= 0.3 is 5.97 Å². The Balaban J connectivity index is 1.91. The average molecular weight is 262 g/mol. The van der Waals surface area contributed by atoms with E-state index in [1.54, 1.807) is 6.92 Å². The van der Waals surface area contributed by atoms with Crippen LogP contribution in [-0.2, 0) is 22.5 Å². The standard InChI is InChI=1S/C15H22N2O2/c1-15(16,14(18)19-2)8-10-17-9-7-12-5-3-4-6-13(12)11-17/h3-6H,7-11,16H2,1-2H3. The van der Waals surface area contributed by atoms with Crippen molar-refractivity contribution < 1.29 is 9.53 Å². The van der Waals surface area contributed by atoms with Crippen LogP contribution in [0.4, 0.5) is 0 Å². The van der Waals surface area contributed by atoms with E-state index in [-0.39, 0.29) is 5.97 Å². The molecule has 1 atom stereocenters. The van der Waals surface area contributed by atoms with Crippen molar-refractivity contribution in [2.75, 3.05) is 20.2 Å². The van der Waals surface area contributed by atoms with Crippen molar-refractivity contribution in [3.05, 3.63) is 35.4 Å².